The smallest absolute Gasteiger partial charge is 0.239 e. The molecule has 0 saturated carbocycles. The third kappa shape index (κ3) is 3.69. The number of amides is 1. The van der Waals surface area contributed by atoms with Crippen LogP contribution >= 0.6 is 0 Å². The van der Waals surface area contributed by atoms with Gasteiger partial charge >= 0.3 is 0 Å². The fourth-order valence-electron chi connectivity index (χ4n) is 4.69. The standard InChI is InChI=1S/C24H24N8O/c1-15-12-31(20-6-3-17(10-25)4-7-20)22-9-18(19-11-27-30(13-19)14-23(26)33)5-8-21(22)32-16(2)28-29-24(15)32/h3-8,11,13,15,22H,9,12,14H2,1-2H3,(H2,26,33)/t15-,22?/m1/s1. The predicted molar refractivity (Wildman–Crippen MR) is 124 cm³/mol. The normalized spacial score (nSPS) is 19.6. The molecule has 1 aromatic carbocycles. The highest BCUT2D eigenvalue weighted by Crippen LogP contribution is 2.39. The van der Waals surface area contributed by atoms with Crippen LogP contribution in [0.15, 0.2) is 48.8 Å². The molecule has 9 nitrogen and oxygen atoms in total. The van der Waals surface area contributed by atoms with Crippen molar-refractivity contribution in [3.05, 3.63) is 71.6 Å². The SMILES string of the molecule is Cc1nnc2n1C1=CC=C(c3cnn(CC(N)=O)c3)CC1N(c1ccc(C#N)cc1)C[C@H]2C. The molecule has 0 bridgehead atoms. The number of primary amides is 1. The van der Waals surface area contributed by atoms with Gasteiger partial charge in [-0.1, -0.05) is 13.0 Å². The van der Waals surface area contributed by atoms with Crippen molar-refractivity contribution >= 4 is 22.9 Å². The van der Waals surface area contributed by atoms with E-state index in [4.69, 9.17) is 5.73 Å². The highest BCUT2D eigenvalue weighted by atomic mass is 16.1. The molecule has 2 aromatic heterocycles. The van der Waals surface area contributed by atoms with Gasteiger partial charge in [0, 0.05) is 35.6 Å². The van der Waals surface area contributed by atoms with Gasteiger partial charge in [0.05, 0.1) is 23.9 Å². The maximum absolute atomic E-state index is 11.3. The first-order chi connectivity index (χ1) is 15.9. The van der Waals surface area contributed by atoms with Crippen molar-refractivity contribution in [1.82, 2.24) is 24.5 Å². The van der Waals surface area contributed by atoms with Crippen LogP contribution in [0.4, 0.5) is 5.69 Å². The van der Waals surface area contributed by atoms with E-state index in [2.05, 4.69) is 49.9 Å². The quantitative estimate of drug-likeness (QED) is 0.666. The summed E-state index contributed by atoms with van der Waals surface area (Å²) in [6, 6.07) is 9.95. The van der Waals surface area contributed by atoms with Gasteiger partial charge in [0.1, 0.15) is 18.2 Å². The van der Waals surface area contributed by atoms with Crippen molar-refractivity contribution in [3.63, 3.8) is 0 Å². The van der Waals surface area contributed by atoms with Crippen LogP contribution in [0.5, 0.6) is 0 Å². The molecule has 1 aliphatic heterocycles. The molecule has 2 atom stereocenters. The molecule has 2 N–H and O–H groups in total. The summed E-state index contributed by atoms with van der Waals surface area (Å²) >= 11 is 0. The van der Waals surface area contributed by atoms with E-state index >= 15 is 0 Å². The highest BCUT2D eigenvalue weighted by molar-refractivity contribution is 5.78. The zero-order valence-electron chi connectivity index (χ0n) is 18.5. The molecule has 3 heterocycles. The minimum absolute atomic E-state index is 0.0378. The number of hydrogen-bond donors (Lipinski definition) is 1. The number of nitrogens with two attached hydrogens (primary N) is 1. The van der Waals surface area contributed by atoms with E-state index in [1.54, 1.807) is 10.9 Å². The van der Waals surface area contributed by atoms with Gasteiger partial charge in [-0.15, -0.1) is 10.2 Å². The number of nitriles is 1. The van der Waals surface area contributed by atoms with Gasteiger partial charge in [-0.05, 0) is 49.3 Å². The second-order valence-electron chi connectivity index (χ2n) is 8.55. The third-order valence-electron chi connectivity index (χ3n) is 6.26. The molecule has 0 radical (unpaired) electrons. The van der Waals surface area contributed by atoms with E-state index in [0.717, 1.165) is 47.1 Å². The lowest BCUT2D eigenvalue weighted by Gasteiger charge is -2.36. The number of carbonyl (C=O) groups excluding carboxylic acids is 1. The molecule has 1 aliphatic carbocycles. The summed E-state index contributed by atoms with van der Waals surface area (Å²) in [4.78, 5) is 13.7. The fraction of sp³-hybridized carbons (Fsp3) is 0.292. The molecule has 0 saturated heterocycles. The van der Waals surface area contributed by atoms with Crippen LogP contribution in [-0.2, 0) is 11.3 Å². The molecule has 1 amide bonds. The Labute approximate surface area is 191 Å². The molecule has 5 rings (SSSR count). The average Bonchev–Trinajstić information content (AvgIpc) is 3.40. The van der Waals surface area contributed by atoms with Crippen molar-refractivity contribution in [2.24, 2.45) is 5.73 Å². The monoisotopic (exact) mass is 440 g/mol. The van der Waals surface area contributed by atoms with Crippen molar-refractivity contribution in [1.29, 1.82) is 5.26 Å². The van der Waals surface area contributed by atoms with Crippen LogP contribution in [0, 0.1) is 18.3 Å². The number of anilines is 1. The summed E-state index contributed by atoms with van der Waals surface area (Å²) in [5, 5.41) is 22.3. The summed E-state index contributed by atoms with van der Waals surface area (Å²) in [6.07, 6.45) is 8.61. The van der Waals surface area contributed by atoms with Crippen LogP contribution < -0.4 is 10.6 Å². The summed E-state index contributed by atoms with van der Waals surface area (Å²) in [5.41, 5.74) is 10.2. The molecular formula is C24H24N8O. The molecule has 33 heavy (non-hydrogen) atoms. The average molecular weight is 441 g/mol. The first-order valence-corrected chi connectivity index (χ1v) is 10.9. The molecule has 1 unspecified atom stereocenters. The Morgan fingerprint density at radius 2 is 2.03 bits per heavy atom. The first-order valence-electron chi connectivity index (χ1n) is 10.9. The van der Waals surface area contributed by atoms with Crippen LogP contribution in [0.25, 0.3) is 11.3 Å². The summed E-state index contributed by atoms with van der Waals surface area (Å²) < 4.78 is 3.73. The van der Waals surface area contributed by atoms with E-state index in [9.17, 15) is 10.1 Å². The molecular weight excluding hydrogens is 416 g/mol. The number of benzene rings is 1. The van der Waals surface area contributed by atoms with Crippen molar-refractivity contribution in [2.45, 2.75) is 38.8 Å². The highest BCUT2D eigenvalue weighted by Gasteiger charge is 2.35. The van der Waals surface area contributed by atoms with Crippen LogP contribution in [0.3, 0.4) is 0 Å². The van der Waals surface area contributed by atoms with Crippen LogP contribution in [-0.4, -0.2) is 43.0 Å². The fourth-order valence-corrected chi connectivity index (χ4v) is 4.69. The summed E-state index contributed by atoms with van der Waals surface area (Å²) in [5.74, 6) is 1.55. The Balaban J connectivity index is 1.58. The largest absolute Gasteiger partial charge is 0.368 e. The second kappa shape index (κ2) is 8.06. The van der Waals surface area contributed by atoms with E-state index in [1.165, 1.54) is 0 Å². The van der Waals surface area contributed by atoms with Gasteiger partial charge in [0.2, 0.25) is 5.91 Å². The van der Waals surface area contributed by atoms with Crippen molar-refractivity contribution in [2.75, 3.05) is 11.4 Å². The van der Waals surface area contributed by atoms with E-state index < -0.39 is 5.91 Å². The second-order valence-corrected chi connectivity index (χ2v) is 8.55. The van der Waals surface area contributed by atoms with Crippen LogP contribution in [0.1, 0.15) is 42.0 Å². The van der Waals surface area contributed by atoms with Gasteiger partial charge in [-0.3, -0.25) is 14.0 Å². The molecule has 9 heteroatoms. The Morgan fingerprint density at radius 3 is 2.76 bits per heavy atom. The number of allylic oxidation sites excluding steroid dienone is 2. The lowest BCUT2D eigenvalue weighted by atomic mass is 9.92. The van der Waals surface area contributed by atoms with Crippen molar-refractivity contribution < 1.29 is 4.79 Å². The maximum Gasteiger partial charge on any atom is 0.239 e. The molecule has 0 spiro atoms. The summed E-state index contributed by atoms with van der Waals surface area (Å²) in [6.45, 7) is 4.96. The number of fused-ring (bicyclic) bond motifs is 3. The van der Waals surface area contributed by atoms with Gasteiger partial charge in [0.15, 0.2) is 0 Å². The number of carbonyl (C=O) groups is 1. The number of rotatable bonds is 4. The topological polar surface area (TPSA) is 119 Å². The van der Waals surface area contributed by atoms with E-state index in [0.29, 0.717) is 5.56 Å². The summed E-state index contributed by atoms with van der Waals surface area (Å²) in [7, 11) is 0. The number of aromatic nitrogens is 5. The van der Waals surface area contributed by atoms with Crippen molar-refractivity contribution in [3.8, 4) is 6.07 Å². The molecule has 166 valence electrons. The minimum atomic E-state index is -0.426. The third-order valence-corrected chi connectivity index (χ3v) is 6.26. The van der Waals surface area contributed by atoms with Gasteiger partial charge < -0.3 is 10.6 Å². The number of aryl methyl sites for hydroxylation is 1. The Morgan fingerprint density at radius 1 is 1.24 bits per heavy atom. The lowest BCUT2D eigenvalue weighted by molar-refractivity contribution is -0.118. The van der Waals surface area contributed by atoms with E-state index in [-0.39, 0.29) is 18.5 Å². The zero-order valence-corrected chi connectivity index (χ0v) is 18.5. The Hall–Kier alpha value is -4.19. The molecule has 2 aliphatic rings. The Kier molecular flexibility index (Phi) is 5.05. The lowest BCUT2D eigenvalue weighted by Crippen LogP contribution is -2.38. The Bertz CT molecular complexity index is 1320. The number of nitrogens with zero attached hydrogens (tertiary/aromatic N) is 7. The van der Waals surface area contributed by atoms with E-state index in [1.807, 2.05) is 37.4 Å². The van der Waals surface area contributed by atoms with Gasteiger partial charge in [0.25, 0.3) is 0 Å². The van der Waals surface area contributed by atoms with Gasteiger partial charge in [-0.2, -0.15) is 10.4 Å². The molecule has 3 aromatic rings. The minimum Gasteiger partial charge on any atom is -0.368 e. The zero-order chi connectivity index (χ0) is 23.1. The van der Waals surface area contributed by atoms with Crippen LogP contribution in [0.2, 0.25) is 0 Å². The molecule has 0 fully saturated rings. The van der Waals surface area contributed by atoms with Gasteiger partial charge in [-0.25, -0.2) is 0 Å². The first kappa shape index (κ1) is 20.7. The number of hydrogen-bond acceptors (Lipinski definition) is 6. The predicted octanol–water partition coefficient (Wildman–Crippen LogP) is 2.46. The maximum atomic E-state index is 11.3.